The van der Waals surface area contributed by atoms with Crippen LogP contribution >= 0.6 is 11.6 Å². The van der Waals surface area contributed by atoms with Crippen molar-refractivity contribution >= 4 is 17.5 Å². The van der Waals surface area contributed by atoms with E-state index in [2.05, 4.69) is 0 Å². The molecule has 0 saturated carbocycles. The summed E-state index contributed by atoms with van der Waals surface area (Å²) >= 11 is 6.02. The van der Waals surface area contributed by atoms with E-state index in [4.69, 9.17) is 16.3 Å². The lowest BCUT2D eigenvalue weighted by molar-refractivity contribution is -0.129. The van der Waals surface area contributed by atoms with Crippen LogP contribution in [0.2, 0.25) is 0 Å². The predicted molar refractivity (Wildman–Crippen MR) is 73.9 cm³/mol. The second-order valence-corrected chi connectivity index (χ2v) is 4.93. The molecule has 0 aliphatic heterocycles. The maximum atomic E-state index is 11.9. The van der Waals surface area contributed by atoms with Crippen LogP contribution in [0.5, 0.6) is 0 Å². The number of alkyl halides is 1. The first-order chi connectivity index (χ1) is 8.63. The molecule has 0 bridgehead atoms. The Labute approximate surface area is 114 Å². The van der Waals surface area contributed by atoms with Crippen LogP contribution in [0.3, 0.4) is 0 Å². The lowest BCUT2D eigenvalue weighted by Gasteiger charge is -2.20. The highest BCUT2D eigenvalue weighted by molar-refractivity contribution is 6.21. The van der Waals surface area contributed by atoms with Gasteiger partial charge in [-0.1, -0.05) is 30.3 Å². The predicted octanol–water partition coefficient (Wildman–Crippen LogP) is 2.33. The molecule has 0 aromatic heterocycles. The highest BCUT2D eigenvalue weighted by Crippen LogP contribution is 2.06. The van der Waals surface area contributed by atoms with E-state index in [1.165, 1.54) is 5.56 Å². The number of nitrogens with zero attached hydrogens (tertiary/aromatic N) is 1. The highest BCUT2D eigenvalue weighted by atomic mass is 35.5. The van der Waals surface area contributed by atoms with Gasteiger partial charge in [-0.2, -0.15) is 0 Å². The first kappa shape index (κ1) is 15.0. The molecule has 3 nitrogen and oxygen atoms in total. The molecule has 1 aromatic rings. The van der Waals surface area contributed by atoms with Crippen molar-refractivity contribution in [2.45, 2.75) is 18.2 Å². The maximum Gasteiger partial charge on any atom is 0.222 e. The normalized spacial score (nSPS) is 12.2. The molecular formula is C14H20ClNO2. The minimum atomic E-state index is -0.152. The van der Waals surface area contributed by atoms with Gasteiger partial charge in [0.05, 0.1) is 12.0 Å². The molecule has 1 amide bonds. The topological polar surface area (TPSA) is 29.5 Å². The molecule has 1 rings (SSSR count). The molecule has 0 heterocycles. The van der Waals surface area contributed by atoms with Crippen molar-refractivity contribution in [1.82, 2.24) is 4.90 Å². The van der Waals surface area contributed by atoms with E-state index >= 15 is 0 Å². The second kappa shape index (κ2) is 8.11. The zero-order chi connectivity index (χ0) is 13.4. The zero-order valence-corrected chi connectivity index (χ0v) is 11.7. The SMILES string of the molecule is COCC(Cl)CN(C)C(=O)CCc1ccccc1. The number of carbonyl (C=O) groups is 1. The van der Waals surface area contributed by atoms with Gasteiger partial charge in [0.25, 0.3) is 0 Å². The van der Waals surface area contributed by atoms with Crippen molar-refractivity contribution in [3.63, 3.8) is 0 Å². The molecule has 0 fully saturated rings. The third kappa shape index (κ3) is 5.52. The van der Waals surface area contributed by atoms with Gasteiger partial charge in [0.1, 0.15) is 0 Å². The summed E-state index contributed by atoms with van der Waals surface area (Å²) in [5.41, 5.74) is 1.18. The van der Waals surface area contributed by atoms with Crippen LogP contribution in [-0.4, -0.2) is 43.5 Å². The summed E-state index contributed by atoms with van der Waals surface area (Å²) in [6.07, 6.45) is 1.28. The van der Waals surface area contributed by atoms with Gasteiger partial charge < -0.3 is 9.64 Å². The van der Waals surface area contributed by atoms with E-state index in [0.29, 0.717) is 19.6 Å². The monoisotopic (exact) mass is 269 g/mol. The molecule has 0 spiro atoms. The molecule has 1 aromatic carbocycles. The Morgan fingerprint density at radius 3 is 2.67 bits per heavy atom. The van der Waals surface area contributed by atoms with Crippen molar-refractivity contribution < 1.29 is 9.53 Å². The van der Waals surface area contributed by atoms with Gasteiger partial charge in [0.15, 0.2) is 0 Å². The Balaban J connectivity index is 2.32. The summed E-state index contributed by atoms with van der Waals surface area (Å²) < 4.78 is 4.94. The molecule has 0 aliphatic rings. The molecule has 100 valence electrons. The molecule has 0 radical (unpaired) electrons. The van der Waals surface area contributed by atoms with Gasteiger partial charge in [-0.05, 0) is 12.0 Å². The average Bonchev–Trinajstić information content (AvgIpc) is 2.37. The molecule has 0 N–H and O–H groups in total. The number of hydrogen-bond donors (Lipinski definition) is 0. The zero-order valence-electron chi connectivity index (χ0n) is 10.9. The van der Waals surface area contributed by atoms with Gasteiger partial charge >= 0.3 is 0 Å². The number of amides is 1. The fraction of sp³-hybridized carbons (Fsp3) is 0.500. The van der Waals surface area contributed by atoms with Crippen LogP contribution in [0.25, 0.3) is 0 Å². The number of aryl methyl sites for hydroxylation is 1. The number of methoxy groups -OCH3 is 1. The number of rotatable bonds is 7. The first-order valence-corrected chi connectivity index (χ1v) is 6.48. The number of halogens is 1. The third-order valence-electron chi connectivity index (χ3n) is 2.72. The lowest BCUT2D eigenvalue weighted by Crippen LogP contribution is -2.34. The number of carbonyl (C=O) groups excluding carboxylic acids is 1. The van der Waals surface area contributed by atoms with Gasteiger partial charge in [-0.15, -0.1) is 11.6 Å². The molecular weight excluding hydrogens is 250 g/mol. The van der Waals surface area contributed by atoms with E-state index in [0.717, 1.165) is 6.42 Å². The summed E-state index contributed by atoms with van der Waals surface area (Å²) in [5.74, 6) is 0.112. The Kier molecular flexibility index (Phi) is 6.76. The van der Waals surface area contributed by atoms with Crippen molar-refractivity contribution in [3.8, 4) is 0 Å². The molecule has 0 saturated heterocycles. The highest BCUT2D eigenvalue weighted by Gasteiger charge is 2.13. The summed E-state index contributed by atoms with van der Waals surface area (Å²) in [4.78, 5) is 13.5. The Bertz CT molecular complexity index is 356. The van der Waals surface area contributed by atoms with E-state index < -0.39 is 0 Å². The van der Waals surface area contributed by atoms with Crippen LogP contribution in [0, 0.1) is 0 Å². The quantitative estimate of drug-likeness (QED) is 0.711. The summed E-state index contributed by atoms with van der Waals surface area (Å²) in [5, 5.41) is -0.152. The van der Waals surface area contributed by atoms with Crippen LogP contribution in [0.15, 0.2) is 30.3 Å². The molecule has 18 heavy (non-hydrogen) atoms. The van der Waals surface area contributed by atoms with Crippen LogP contribution in [0.4, 0.5) is 0 Å². The van der Waals surface area contributed by atoms with Gasteiger partial charge in [0, 0.05) is 27.1 Å². The van der Waals surface area contributed by atoms with Gasteiger partial charge in [-0.25, -0.2) is 0 Å². The molecule has 1 atom stereocenters. The van der Waals surface area contributed by atoms with Crippen LogP contribution < -0.4 is 0 Å². The number of hydrogen-bond acceptors (Lipinski definition) is 2. The lowest BCUT2D eigenvalue weighted by atomic mass is 10.1. The second-order valence-electron chi connectivity index (χ2n) is 4.31. The first-order valence-electron chi connectivity index (χ1n) is 6.04. The summed E-state index contributed by atoms with van der Waals surface area (Å²) in [6, 6.07) is 10.00. The Morgan fingerprint density at radius 2 is 2.06 bits per heavy atom. The Hall–Kier alpha value is -1.06. The number of ether oxygens (including phenoxy) is 1. The van der Waals surface area contributed by atoms with E-state index in [1.807, 2.05) is 30.3 Å². The minimum Gasteiger partial charge on any atom is -0.383 e. The van der Waals surface area contributed by atoms with Crippen molar-refractivity contribution in [2.75, 3.05) is 27.3 Å². The standard InChI is InChI=1S/C14H20ClNO2/c1-16(10-13(15)11-18-2)14(17)9-8-12-6-4-3-5-7-12/h3-7,13H,8-11H2,1-2H3. The Morgan fingerprint density at radius 1 is 1.39 bits per heavy atom. The van der Waals surface area contributed by atoms with E-state index in [1.54, 1.807) is 19.1 Å². The summed E-state index contributed by atoms with van der Waals surface area (Å²) in [7, 11) is 3.38. The molecule has 1 unspecified atom stereocenters. The van der Waals surface area contributed by atoms with Crippen molar-refractivity contribution in [1.29, 1.82) is 0 Å². The van der Waals surface area contributed by atoms with Crippen LogP contribution in [-0.2, 0) is 16.0 Å². The third-order valence-corrected chi connectivity index (χ3v) is 2.98. The smallest absolute Gasteiger partial charge is 0.222 e. The maximum absolute atomic E-state index is 11.9. The average molecular weight is 270 g/mol. The fourth-order valence-corrected chi connectivity index (χ4v) is 2.05. The van der Waals surface area contributed by atoms with Crippen molar-refractivity contribution in [2.24, 2.45) is 0 Å². The summed E-state index contributed by atoms with van der Waals surface area (Å²) in [6.45, 7) is 0.973. The van der Waals surface area contributed by atoms with E-state index in [-0.39, 0.29) is 11.3 Å². The minimum absolute atomic E-state index is 0.112. The number of benzene rings is 1. The van der Waals surface area contributed by atoms with E-state index in [9.17, 15) is 4.79 Å². The molecule has 4 heteroatoms. The fourth-order valence-electron chi connectivity index (χ4n) is 1.72. The van der Waals surface area contributed by atoms with Gasteiger partial charge in [0.2, 0.25) is 5.91 Å². The van der Waals surface area contributed by atoms with Gasteiger partial charge in [-0.3, -0.25) is 4.79 Å². The van der Waals surface area contributed by atoms with Crippen molar-refractivity contribution in [3.05, 3.63) is 35.9 Å². The van der Waals surface area contributed by atoms with Crippen LogP contribution in [0.1, 0.15) is 12.0 Å². The largest absolute Gasteiger partial charge is 0.383 e. The molecule has 0 aliphatic carbocycles.